The second-order valence-electron chi connectivity index (χ2n) is 3.63. The highest BCUT2D eigenvalue weighted by Gasteiger charge is 1.98. The molecule has 0 radical (unpaired) electrons. The third kappa shape index (κ3) is 4.65. The molecule has 84 valence electrons. The van der Waals surface area contributed by atoms with E-state index in [1.165, 1.54) is 5.56 Å². The summed E-state index contributed by atoms with van der Waals surface area (Å²) < 4.78 is 5.14. The van der Waals surface area contributed by atoms with Crippen LogP contribution >= 0.6 is 11.6 Å². The van der Waals surface area contributed by atoms with Gasteiger partial charge in [-0.2, -0.15) is 0 Å². The normalized spacial score (nSPS) is 12.7. The van der Waals surface area contributed by atoms with E-state index in [0.717, 1.165) is 18.7 Å². The lowest BCUT2D eigenvalue weighted by Gasteiger charge is -2.10. The number of hydrogen-bond donors (Lipinski definition) is 1. The average Bonchev–Trinajstić information content (AvgIpc) is 2.29. The predicted molar refractivity (Wildman–Crippen MR) is 64.2 cm³/mol. The van der Waals surface area contributed by atoms with Crippen molar-refractivity contribution in [3.63, 3.8) is 0 Å². The van der Waals surface area contributed by atoms with Crippen LogP contribution in [-0.2, 0) is 17.2 Å². The zero-order chi connectivity index (χ0) is 11.1. The third-order valence-electron chi connectivity index (χ3n) is 2.34. The highest BCUT2D eigenvalue weighted by atomic mass is 35.5. The minimum Gasteiger partial charge on any atom is -0.380 e. The van der Waals surface area contributed by atoms with Gasteiger partial charge in [-0.15, -0.1) is 11.6 Å². The Morgan fingerprint density at radius 1 is 1.27 bits per heavy atom. The van der Waals surface area contributed by atoms with E-state index >= 15 is 0 Å². The molecule has 0 saturated carbocycles. The molecular weight excluding hydrogens is 210 g/mol. The molecule has 0 heterocycles. The van der Waals surface area contributed by atoms with E-state index < -0.39 is 0 Å². The molecule has 0 saturated heterocycles. The molecule has 2 nitrogen and oxygen atoms in total. The van der Waals surface area contributed by atoms with Gasteiger partial charge in [-0.1, -0.05) is 24.3 Å². The number of nitrogens with one attached hydrogen (secondary N) is 1. The maximum absolute atomic E-state index is 5.71. The van der Waals surface area contributed by atoms with Crippen LogP contribution in [0.15, 0.2) is 24.3 Å². The van der Waals surface area contributed by atoms with Gasteiger partial charge in [0.2, 0.25) is 0 Å². The van der Waals surface area contributed by atoms with Gasteiger partial charge in [0, 0.05) is 26.1 Å². The van der Waals surface area contributed by atoms with Crippen molar-refractivity contribution in [2.75, 3.05) is 13.7 Å². The summed E-state index contributed by atoms with van der Waals surface area (Å²) in [6.45, 7) is 3.79. The monoisotopic (exact) mass is 227 g/mol. The van der Waals surface area contributed by atoms with E-state index in [4.69, 9.17) is 16.3 Å². The van der Waals surface area contributed by atoms with E-state index in [9.17, 15) is 0 Å². The minimum absolute atomic E-state index is 0.257. The number of benzene rings is 1. The van der Waals surface area contributed by atoms with Crippen LogP contribution in [0.4, 0.5) is 0 Å². The first kappa shape index (κ1) is 12.5. The number of halogens is 1. The number of rotatable bonds is 6. The number of methoxy groups -OCH3 is 1. The molecule has 0 aliphatic rings. The van der Waals surface area contributed by atoms with Crippen LogP contribution in [-0.4, -0.2) is 19.8 Å². The molecule has 1 N–H and O–H groups in total. The topological polar surface area (TPSA) is 21.3 Å². The zero-order valence-corrected chi connectivity index (χ0v) is 10.1. The Bertz CT molecular complexity index is 273. The lowest BCUT2D eigenvalue weighted by molar-refractivity contribution is 0.117. The van der Waals surface area contributed by atoms with Crippen molar-refractivity contribution >= 4 is 11.6 Å². The molecule has 1 unspecified atom stereocenters. The summed E-state index contributed by atoms with van der Waals surface area (Å²) in [5, 5.41) is 3.33. The SMILES string of the molecule is COC(C)CNCc1ccc(CCl)cc1. The van der Waals surface area contributed by atoms with Crippen molar-refractivity contribution in [1.29, 1.82) is 0 Å². The van der Waals surface area contributed by atoms with Crippen molar-refractivity contribution in [3.8, 4) is 0 Å². The fourth-order valence-electron chi connectivity index (χ4n) is 1.25. The number of ether oxygens (including phenoxy) is 1. The summed E-state index contributed by atoms with van der Waals surface area (Å²) in [5.41, 5.74) is 2.43. The van der Waals surface area contributed by atoms with Gasteiger partial charge < -0.3 is 10.1 Å². The van der Waals surface area contributed by atoms with Crippen LogP contribution in [0.25, 0.3) is 0 Å². The van der Waals surface area contributed by atoms with Gasteiger partial charge in [0.15, 0.2) is 0 Å². The highest BCUT2D eigenvalue weighted by Crippen LogP contribution is 2.06. The van der Waals surface area contributed by atoms with E-state index in [-0.39, 0.29) is 6.10 Å². The first-order chi connectivity index (χ1) is 7.26. The Hall–Kier alpha value is -0.570. The Kier molecular flexibility index (Phi) is 5.69. The summed E-state index contributed by atoms with van der Waals surface area (Å²) in [7, 11) is 1.72. The Morgan fingerprint density at radius 3 is 2.40 bits per heavy atom. The third-order valence-corrected chi connectivity index (χ3v) is 2.65. The standard InChI is InChI=1S/C12H18ClNO/c1-10(15-2)8-14-9-12-5-3-11(7-13)4-6-12/h3-6,10,14H,7-9H2,1-2H3. The summed E-state index contributed by atoms with van der Waals surface area (Å²) in [4.78, 5) is 0. The summed E-state index contributed by atoms with van der Waals surface area (Å²) >= 11 is 5.71. The van der Waals surface area contributed by atoms with Crippen LogP contribution in [0.5, 0.6) is 0 Å². The van der Waals surface area contributed by atoms with Crippen molar-refractivity contribution in [3.05, 3.63) is 35.4 Å². The smallest absolute Gasteiger partial charge is 0.0667 e. The van der Waals surface area contributed by atoms with Crippen LogP contribution in [0.3, 0.4) is 0 Å². The molecular formula is C12H18ClNO. The molecule has 1 atom stereocenters. The van der Waals surface area contributed by atoms with Gasteiger partial charge in [-0.05, 0) is 18.1 Å². The molecule has 0 bridgehead atoms. The van der Waals surface area contributed by atoms with Gasteiger partial charge >= 0.3 is 0 Å². The second-order valence-corrected chi connectivity index (χ2v) is 3.89. The van der Waals surface area contributed by atoms with Gasteiger partial charge in [-0.3, -0.25) is 0 Å². The Morgan fingerprint density at radius 2 is 1.87 bits per heavy atom. The molecule has 0 aromatic heterocycles. The molecule has 0 aliphatic heterocycles. The lowest BCUT2D eigenvalue weighted by Crippen LogP contribution is -2.25. The molecule has 0 fully saturated rings. The molecule has 3 heteroatoms. The maximum atomic E-state index is 5.71. The quantitative estimate of drug-likeness (QED) is 0.755. The van der Waals surface area contributed by atoms with E-state index in [1.807, 2.05) is 6.92 Å². The Labute approximate surface area is 96.6 Å². The average molecular weight is 228 g/mol. The van der Waals surface area contributed by atoms with Gasteiger partial charge in [-0.25, -0.2) is 0 Å². The molecule has 1 aromatic carbocycles. The summed E-state index contributed by atoms with van der Waals surface area (Å²) in [6, 6.07) is 8.32. The van der Waals surface area contributed by atoms with E-state index in [0.29, 0.717) is 5.88 Å². The fraction of sp³-hybridized carbons (Fsp3) is 0.500. The summed E-state index contributed by atoms with van der Waals surface area (Å²) in [6.07, 6.45) is 0.257. The van der Waals surface area contributed by atoms with E-state index in [2.05, 4.69) is 29.6 Å². The zero-order valence-electron chi connectivity index (χ0n) is 9.29. The molecule has 1 rings (SSSR count). The fourth-order valence-corrected chi connectivity index (χ4v) is 1.43. The summed E-state index contributed by atoms with van der Waals surface area (Å²) in [5.74, 6) is 0.578. The molecule has 0 spiro atoms. The molecule has 15 heavy (non-hydrogen) atoms. The van der Waals surface area contributed by atoms with Crippen LogP contribution in [0, 0.1) is 0 Å². The first-order valence-corrected chi connectivity index (χ1v) is 5.67. The maximum Gasteiger partial charge on any atom is 0.0667 e. The van der Waals surface area contributed by atoms with Crippen molar-refractivity contribution < 1.29 is 4.74 Å². The molecule has 1 aromatic rings. The second kappa shape index (κ2) is 6.83. The predicted octanol–water partition coefficient (Wildman–Crippen LogP) is 2.55. The van der Waals surface area contributed by atoms with Gasteiger partial charge in [0.25, 0.3) is 0 Å². The number of alkyl halides is 1. The Balaban J connectivity index is 2.31. The molecule has 0 amide bonds. The van der Waals surface area contributed by atoms with Gasteiger partial charge in [0.1, 0.15) is 0 Å². The number of hydrogen-bond acceptors (Lipinski definition) is 2. The lowest BCUT2D eigenvalue weighted by atomic mass is 10.1. The van der Waals surface area contributed by atoms with Crippen molar-refractivity contribution in [1.82, 2.24) is 5.32 Å². The van der Waals surface area contributed by atoms with Crippen molar-refractivity contribution in [2.24, 2.45) is 0 Å². The highest BCUT2D eigenvalue weighted by molar-refractivity contribution is 6.17. The van der Waals surface area contributed by atoms with Crippen LogP contribution in [0.1, 0.15) is 18.1 Å². The van der Waals surface area contributed by atoms with Crippen molar-refractivity contribution in [2.45, 2.75) is 25.5 Å². The van der Waals surface area contributed by atoms with Gasteiger partial charge in [0.05, 0.1) is 6.10 Å². The first-order valence-electron chi connectivity index (χ1n) is 5.13. The minimum atomic E-state index is 0.257. The molecule has 0 aliphatic carbocycles. The van der Waals surface area contributed by atoms with E-state index in [1.54, 1.807) is 7.11 Å². The largest absolute Gasteiger partial charge is 0.380 e. The van der Waals surface area contributed by atoms with Crippen LogP contribution < -0.4 is 5.32 Å². The van der Waals surface area contributed by atoms with Crippen LogP contribution in [0.2, 0.25) is 0 Å².